The second-order valence-electron chi connectivity index (χ2n) is 7.11. The van der Waals surface area contributed by atoms with Crippen molar-refractivity contribution in [3.05, 3.63) is 45.0 Å². The minimum Gasteiger partial charge on any atom is -0.447 e. The van der Waals surface area contributed by atoms with Crippen molar-refractivity contribution in [2.24, 2.45) is 0 Å². The number of anilines is 2. The standard InChI is InChI=1S/C19H16ClF3N6O4/c1-8(24-16-25-9(2)26-17(28-16)29-3-4-32-18(29)31)11-5-10-6-12(20)14(33-19(21,22)23)7-13(10)27-15(11)30/h5-8H,3-4H2,1-2H3,(H,27,30)(H,24,25,26,28)/t8-/m0/s1. The van der Waals surface area contributed by atoms with Crippen LogP contribution in [0.2, 0.25) is 5.02 Å². The first-order chi connectivity index (χ1) is 15.5. The van der Waals surface area contributed by atoms with Crippen molar-refractivity contribution in [3.8, 4) is 5.75 Å². The first-order valence-electron chi connectivity index (χ1n) is 9.56. The largest absolute Gasteiger partial charge is 0.573 e. The normalized spacial score (nSPS) is 15.0. The predicted octanol–water partition coefficient (Wildman–Crippen LogP) is 3.70. The molecule has 14 heteroatoms. The second kappa shape index (κ2) is 8.39. The Morgan fingerprint density at radius 2 is 2.00 bits per heavy atom. The number of hydrogen-bond acceptors (Lipinski definition) is 8. The van der Waals surface area contributed by atoms with Crippen molar-refractivity contribution >= 4 is 40.5 Å². The lowest BCUT2D eigenvalue weighted by Gasteiger charge is -2.17. The summed E-state index contributed by atoms with van der Waals surface area (Å²) < 4.78 is 46.4. The number of halogens is 4. The van der Waals surface area contributed by atoms with Crippen LogP contribution in [0.25, 0.3) is 10.9 Å². The third kappa shape index (κ3) is 4.92. The predicted molar refractivity (Wildman–Crippen MR) is 112 cm³/mol. The zero-order valence-electron chi connectivity index (χ0n) is 17.2. The molecule has 1 saturated heterocycles. The number of rotatable bonds is 5. The van der Waals surface area contributed by atoms with Gasteiger partial charge in [-0.05, 0) is 26.0 Å². The molecule has 1 atom stereocenters. The van der Waals surface area contributed by atoms with E-state index in [4.69, 9.17) is 16.3 Å². The number of alkyl halides is 3. The van der Waals surface area contributed by atoms with Crippen LogP contribution in [0, 0.1) is 6.92 Å². The quantitative estimate of drug-likeness (QED) is 0.562. The maximum absolute atomic E-state index is 12.6. The highest BCUT2D eigenvalue weighted by molar-refractivity contribution is 6.32. The van der Waals surface area contributed by atoms with E-state index in [-0.39, 0.29) is 34.6 Å². The molecule has 1 aliphatic rings. The minimum absolute atomic E-state index is 0.107. The van der Waals surface area contributed by atoms with Crippen molar-refractivity contribution < 1.29 is 27.4 Å². The van der Waals surface area contributed by atoms with E-state index in [9.17, 15) is 22.8 Å². The van der Waals surface area contributed by atoms with Gasteiger partial charge in [-0.3, -0.25) is 4.79 Å². The molecule has 1 aliphatic heterocycles. The summed E-state index contributed by atoms with van der Waals surface area (Å²) in [6, 6.07) is 3.13. The Morgan fingerprint density at radius 3 is 2.67 bits per heavy atom. The number of carbonyl (C=O) groups excluding carboxylic acids is 1. The van der Waals surface area contributed by atoms with Crippen molar-refractivity contribution in [1.82, 2.24) is 19.9 Å². The van der Waals surface area contributed by atoms with Crippen molar-refractivity contribution in [1.29, 1.82) is 0 Å². The number of aromatic amines is 1. The molecule has 174 valence electrons. The SMILES string of the molecule is Cc1nc(N[C@@H](C)c2cc3cc(Cl)c(OC(F)(F)F)cc3[nH]c2=O)nc(N2CCOC2=O)n1. The summed E-state index contributed by atoms with van der Waals surface area (Å²) in [6.45, 7) is 3.80. The molecule has 0 bridgehead atoms. The highest BCUT2D eigenvalue weighted by Crippen LogP contribution is 2.33. The number of carbonyl (C=O) groups is 1. The fraction of sp³-hybridized carbons (Fsp3) is 0.316. The Kier molecular flexibility index (Phi) is 5.74. The molecule has 0 radical (unpaired) electrons. The van der Waals surface area contributed by atoms with E-state index in [1.807, 2.05) is 0 Å². The average Bonchev–Trinajstić information content (AvgIpc) is 3.13. The van der Waals surface area contributed by atoms with E-state index in [1.54, 1.807) is 13.8 Å². The summed E-state index contributed by atoms with van der Waals surface area (Å²) in [4.78, 5) is 40.7. The maximum atomic E-state index is 12.6. The molecule has 2 aromatic heterocycles. The molecule has 1 fully saturated rings. The monoisotopic (exact) mass is 484 g/mol. The number of amides is 1. The van der Waals surface area contributed by atoms with E-state index in [0.717, 1.165) is 6.07 Å². The van der Waals surface area contributed by atoms with Crippen molar-refractivity contribution in [2.75, 3.05) is 23.4 Å². The molecule has 1 aromatic carbocycles. The van der Waals surface area contributed by atoms with Crippen LogP contribution in [-0.2, 0) is 4.74 Å². The summed E-state index contributed by atoms with van der Waals surface area (Å²) in [5.41, 5.74) is -0.175. The lowest BCUT2D eigenvalue weighted by atomic mass is 10.1. The van der Waals surface area contributed by atoms with Crippen LogP contribution in [0.3, 0.4) is 0 Å². The summed E-state index contributed by atoms with van der Waals surface area (Å²) >= 11 is 5.92. The molecule has 33 heavy (non-hydrogen) atoms. The molecule has 0 saturated carbocycles. The fourth-order valence-electron chi connectivity index (χ4n) is 3.25. The highest BCUT2D eigenvalue weighted by atomic mass is 35.5. The first kappa shape index (κ1) is 22.6. The van der Waals surface area contributed by atoms with Gasteiger partial charge in [-0.25, -0.2) is 9.69 Å². The zero-order chi connectivity index (χ0) is 23.9. The van der Waals surface area contributed by atoms with Gasteiger partial charge in [0.1, 0.15) is 18.2 Å². The smallest absolute Gasteiger partial charge is 0.447 e. The van der Waals surface area contributed by atoms with Gasteiger partial charge in [0.15, 0.2) is 0 Å². The van der Waals surface area contributed by atoms with Gasteiger partial charge in [-0.2, -0.15) is 15.0 Å². The number of aromatic nitrogens is 4. The summed E-state index contributed by atoms with van der Waals surface area (Å²) in [5, 5.41) is 3.10. The number of benzene rings is 1. The number of aryl methyl sites for hydroxylation is 1. The van der Waals surface area contributed by atoms with Crippen LogP contribution in [0.4, 0.5) is 29.9 Å². The van der Waals surface area contributed by atoms with Gasteiger partial charge in [0.25, 0.3) is 5.56 Å². The first-order valence-corrected chi connectivity index (χ1v) is 9.94. The van der Waals surface area contributed by atoms with Gasteiger partial charge in [0.05, 0.1) is 23.1 Å². The van der Waals surface area contributed by atoms with E-state index in [0.29, 0.717) is 17.8 Å². The topological polar surface area (TPSA) is 122 Å². The van der Waals surface area contributed by atoms with Crippen molar-refractivity contribution in [3.63, 3.8) is 0 Å². The maximum Gasteiger partial charge on any atom is 0.573 e. The Bertz CT molecular complexity index is 1300. The zero-order valence-corrected chi connectivity index (χ0v) is 17.9. The third-order valence-corrected chi connectivity index (χ3v) is 5.00. The van der Waals surface area contributed by atoms with Crippen LogP contribution in [0.1, 0.15) is 24.4 Å². The van der Waals surface area contributed by atoms with Gasteiger partial charge in [0.2, 0.25) is 11.9 Å². The van der Waals surface area contributed by atoms with Gasteiger partial charge in [-0.1, -0.05) is 11.6 Å². The summed E-state index contributed by atoms with van der Waals surface area (Å²) in [6.07, 6.45) is -5.50. The Hall–Kier alpha value is -3.61. The number of nitrogens with zero attached hydrogens (tertiary/aromatic N) is 4. The van der Waals surface area contributed by atoms with E-state index < -0.39 is 29.8 Å². The third-order valence-electron chi connectivity index (χ3n) is 4.70. The highest BCUT2D eigenvalue weighted by Gasteiger charge is 2.32. The number of H-pyrrole nitrogens is 1. The number of cyclic esters (lactones) is 1. The van der Waals surface area contributed by atoms with Gasteiger partial charge in [0, 0.05) is 17.0 Å². The van der Waals surface area contributed by atoms with Crippen LogP contribution in [-0.4, -0.2) is 45.5 Å². The molecule has 3 aromatic rings. The Balaban J connectivity index is 1.63. The van der Waals surface area contributed by atoms with E-state index >= 15 is 0 Å². The summed E-state index contributed by atoms with van der Waals surface area (Å²) in [7, 11) is 0. The molecule has 10 nitrogen and oxygen atoms in total. The van der Waals surface area contributed by atoms with Crippen LogP contribution >= 0.6 is 11.6 Å². The number of ether oxygens (including phenoxy) is 2. The van der Waals surface area contributed by atoms with Crippen LogP contribution in [0.15, 0.2) is 23.0 Å². The Labute approximate surface area is 188 Å². The summed E-state index contributed by atoms with van der Waals surface area (Å²) in [5.74, 6) is -0.0575. The molecular weight excluding hydrogens is 469 g/mol. The van der Waals surface area contributed by atoms with Gasteiger partial charge in [-0.15, -0.1) is 13.2 Å². The molecule has 0 unspecified atom stereocenters. The lowest BCUT2D eigenvalue weighted by Crippen LogP contribution is -2.27. The fourth-order valence-corrected chi connectivity index (χ4v) is 3.46. The molecular formula is C19H16ClF3N6O4. The van der Waals surface area contributed by atoms with Crippen molar-refractivity contribution in [2.45, 2.75) is 26.3 Å². The molecule has 1 amide bonds. The Morgan fingerprint density at radius 1 is 1.24 bits per heavy atom. The molecule has 0 spiro atoms. The van der Waals surface area contributed by atoms with Crippen LogP contribution in [0.5, 0.6) is 5.75 Å². The minimum atomic E-state index is -4.93. The number of nitrogens with one attached hydrogen (secondary N) is 2. The number of pyridine rings is 1. The van der Waals surface area contributed by atoms with Gasteiger partial charge < -0.3 is 19.8 Å². The van der Waals surface area contributed by atoms with E-state index in [1.165, 1.54) is 17.0 Å². The average molecular weight is 485 g/mol. The number of hydrogen-bond donors (Lipinski definition) is 2. The molecule has 4 rings (SSSR count). The second-order valence-corrected chi connectivity index (χ2v) is 7.52. The van der Waals surface area contributed by atoms with E-state index in [2.05, 4.69) is 30.0 Å². The molecule has 2 N–H and O–H groups in total. The number of fused-ring (bicyclic) bond motifs is 1. The van der Waals surface area contributed by atoms with Gasteiger partial charge >= 0.3 is 12.5 Å². The molecule has 0 aliphatic carbocycles. The lowest BCUT2D eigenvalue weighted by molar-refractivity contribution is -0.274. The molecule has 3 heterocycles. The van der Waals surface area contributed by atoms with Crippen LogP contribution < -0.4 is 20.5 Å².